The number of oxazole rings is 1. The molecule has 6 rings (SSSR count). The number of ether oxygens (including phenoxy) is 2. The number of nitrogens with one attached hydrogen (secondary N) is 2. The van der Waals surface area contributed by atoms with Crippen molar-refractivity contribution in [3.05, 3.63) is 58.4 Å². The van der Waals surface area contributed by atoms with Crippen molar-refractivity contribution in [2.45, 2.75) is 52.5 Å². The van der Waals surface area contributed by atoms with Gasteiger partial charge in [0.05, 0.1) is 31.1 Å². The number of hydrogen-bond donors (Lipinski definition) is 3. The highest BCUT2D eigenvalue weighted by Crippen LogP contribution is 2.30. The Morgan fingerprint density at radius 2 is 1.96 bits per heavy atom. The molecule has 0 spiro atoms. The molecule has 1 amide bonds. The van der Waals surface area contributed by atoms with E-state index in [4.69, 9.17) is 18.9 Å². The van der Waals surface area contributed by atoms with Gasteiger partial charge in [-0.2, -0.15) is 4.98 Å². The Hall–Kier alpha value is -3.78. The molecule has 13 nitrogen and oxygen atoms in total. The summed E-state index contributed by atoms with van der Waals surface area (Å²) >= 11 is 0. The van der Waals surface area contributed by atoms with Crippen LogP contribution in [-0.2, 0) is 24.3 Å². The number of anilines is 2. The van der Waals surface area contributed by atoms with Crippen molar-refractivity contribution >= 4 is 17.7 Å². The topological polar surface area (TPSA) is 141 Å². The molecule has 2 saturated heterocycles. The van der Waals surface area contributed by atoms with Crippen molar-refractivity contribution in [3.63, 3.8) is 0 Å². The molecular weight excluding hydrogens is 576 g/mol. The second-order valence-electron chi connectivity index (χ2n) is 12.1. The van der Waals surface area contributed by atoms with E-state index >= 15 is 0 Å². The van der Waals surface area contributed by atoms with Crippen molar-refractivity contribution in [1.82, 2.24) is 30.1 Å². The third-order valence-electron chi connectivity index (χ3n) is 8.93. The lowest BCUT2D eigenvalue weighted by Gasteiger charge is -2.34. The molecule has 0 radical (unpaired) electrons. The summed E-state index contributed by atoms with van der Waals surface area (Å²) in [5.74, 6) is 2.40. The number of aliphatic hydroxyl groups excluding tert-OH is 1. The molecule has 3 aliphatic heterocycles. The number of carbonyl (C=O) groups is 1. The van der Waals surface area contributed by atoms with E-state index in [1.807, 2.05) is 13.0 Å². The Kier molecular flexibility index (Phi) is 9.79. The predicted octanol–water partition coefficient (Wildman–Crippen LogP) is 1.76. The number of carbonyl (C=O) groups excluding carboxylic acids is 1. The normalized spacial score (nSPS) is 18.3. The molecule has 1 atom stereocenters. The van der Waals surface area contributed by atoms with Crippen molar-refractivity contribution in [3.8, 4) is 5.75 Å². The summed E-state index contributed by atoms with van der Waals surface area (Å²) in [4.78, 5) is 33.5. The quantitative estimate of drug-likeness (QED) is 0.272. The standard InChI is InChI=1S/C32H44N8O5/c1-4-38-9-11-40(12-10-38)32-36-27(13-30(37-32)35-24-17-43-18-24)31(42)33-14-25(41)16-39-8-7-26-21(2)28(6-5-23(26)15-39)44-19-29-22(3)34-20-45-29/h5-6,13,20,24-25,41H,4,7-12,14-19H2,1-3H3,(H,33,42)(H,35,36,37). The second-order valence-corrected chi connectivity index (χ2v) is 12.1. The first-order chi connectivity index (χ1) is 21.9. The zero-order valence-electron chi connectivity index (χ0n) is 26.4. The molecule has 13 heteroatoms. The number of aliphatic hydroxyl groups is 1. The lowest BCUT2D eigenvalue weighted by molar-refractivity contribution is 0.0209. The molecule has 3 N–H and O–H groups in total. The third kappa shape index (κ3) is 7.55. The van der Waals surface area contributed by atoms with Gasteiger partial charge in [-0.05, 0) is 49.6 Å². The summed E-state index contributed by atoms with van der Waals surface area (Å²) < 4.78 is 16.7. The van der Waals surface area contributed by atoms with E-state index in [0.29, 0.717) is 38.1 Å². The lowest BCUT2D eigenvalue weighted by atomic mass is 9.94. The smallest absolute Gasteiger partial charge is 0.270 e. The van der Waals surface area contributed by atoms with Gasteiger partial charge in [0.25, 0.3) is 5.91 Å². The fourth-order valence-corrected chi connectivity index (χ4v) is 6.02. The molecular formula is C32H44N8O5. The number of amides is 1. The van der Waals surface area contributed by atoms with Gasteiger partial charge < -0.3 is 39.4 Å². The van der Waals surface area contributed by atoms with Gasteiger partial charge in [-0.3, -0.25) is 9.69 Å². The molecule has 1 aromatic carbocycles. The Bertz CT molecular complexity index is 1470. The number of nitrogens with zero attached hydrogens (tertiary/aromatic N) is 6. The Balaban J connectivity index is 1.03. The average Bonchev–Trinajstić information content (AvgIpc) is 3.45. The Morgan fingerprint density at radius 3 is 2.67 bits per heavy atom. The van der Waals surface area contributed by atoms with Crippen LogP contribution >= 0.6 is 0 Å². The van der Waals surface area contributed by atoms with Crippen LogP contribution in [0.3, 0.4) is 0 Å². The number of benzene rings is 1. The molecule has 0 aliphatic carbocycles. The summed E-state index contributed by atoms with van der Waals surface area (Å²) in [5, 5.41) is 17.1. The maximum Gasteiger partial charge on any atom is 0.270 e. The van der Waals surface area contributed by atoms with Crippen LogP contribution in [-0.4, -0.2) is 113 Å². The van der Waals surface area contributed by atoms with Crippen LogP contribution in [0.4, 0.5) is 11.8 Å². The van der Waals surface area contributed by atoms with Gasteiger partial charge in [-0.1, -0.05) is 13.0 Å². The molecule has 0 bridgehead atoms. The largest absolute Gasteiger partial charge is 0.485 e. The lowest BCUT2D eigenvalue weighted by Crippen LogP contribution is -2.47. The number of likely N-dealkylation sites (N-methyl/N-ethyl adjacent to an activating group) is 1. The van der Waals surface area contributed by atoms with Gasteiger partial charge >= 0.3 is 0 Å². The third-order valence-corrected chi connectivity index (χ3v) is 8.93. The zero-order chi connectivity index (χ0) is 31.3. The minimum absolute atomic E-state index is 0.128. The van der Waals surface area contributed by atoms with E-state index in [0.717, 1.165) is 75.0 Å². The summed E-state index contributed by atoms with van der Waals surface area (Å²) in [6.07, 6.45) is 1.57. The number of β-amino-alcohol motifs (C(OH)–C–C–N with tert-alkyl or cyclic N) is 1. The van der Waals surface area contributed by atoms with Crippen LogP contribution in [0.1, 0.15) is 45.6 Å². The van der Waals surface area contributed by atoms with Gasteiger partial charge in [0.15, 0.2) is 12.2 Å². The van der Waals surface area contributed by atoms with E-state index < -0.39 is 6.10 Å². The van der Waals surface area contributed by atoms with Crippen LogP contribution < -0.4 is 20.3 Å². The molecule has 0 saturated carbocycles. The van der Waals surface area contributed by atoms with Crippen molar-refractivity contribution in [2.75, 3.05) is 75.8 Å². The van der Waals surface area contributed by atoms with Crippen molar-refractivity contribution < 1.29 is 23.8 Å². The molecule has 45 heavy (non-hydrogen) atoms. The molecule has 242 valence electrons. The fourth-order valence-electron chi connectivity index (χ4n) is 6.02. The summed E-state index contributed by atoms with van der Waals surface area (Å²) in [7, 11) is 0. The highest BCUT2D eigenvalue weighted by molar-refractivity contribution is 5.93. The average molecular weight is 621 g/mol. The number of hydrogen-bond acceptors (Lipinski definition) is 12. The molecule has 3 aliphatic rings. The van der Waals surface area contributed by atoms with E-state index in [9.17, 15) is 9.90 Å². The van der Waals surface area contributed by atoms with Crippen LogP contribution in [0, 0.1) is 13.8 Å². The molecule has 5 heterocycles. The number of aromatic nitrogens is 3. The maximum atomic E-state index is 13.2. The second kappa shape index (κ2) is 14.1. The van der Waals surface area contributed by atoms with E-state index in [1.54, 1.807) is 6.07 Å². The number of fused-ring (bicyclic) bond motifs is 1. The minimum atomic E-state index is -0.725. The SMILES string of the molecule is CCN1CCN(c2nc(NC3COC3)cc(C(=O)NCC(O)CN3CCc4c(ccc(OCc5ocnc5C)c4C)C3)n2)CC1. The first kappa shape index (κ1) is 31.2. The maximum absolute atomic E-state index is 13.2. The number of piperazine rings is 1. The van der Waals surface area contributed by atoms with Crippen LogP contribution in [0.5, 0.6) is 5.75 Å². The van der Waals surface area contributed by atoms with E-state index in [2.05, 4.69) is 55.2 Å². The summed E-state index contributed by atoms with van der Waals surface area (Å²) in [5.41, 5.74) is 4.76. The van der Waals surface area contributed by atoms with Gasteiger partial charge in [-0.15, -0.1) is 0 Å². The first-order valence-corrected chi connectivity index (χ1v) is 15.9. The highest BCUT2D eigenvalue weighted by atomic mass is 16.5. The van der Waals surface area contributed by atoms with Crippen LogP contribution in [0.25, 0.3) is 0 Å². The number of rotatable bonds is 12. The minimum Gasteiger partial charge on any atom is -0.485 e. The van der Waals surface area contributed by atoms with Crippen molar-refractivity contribution in [2.24, 2.45) is 0 Å². The van der Waals surface area contributed by atoms with Gasteiger partial charge in [0.1, 0.15) is 23.9 Å². The van der Waals surface area contributed by atoms with Crippen LogP contribution in [0.15, 0.2) is 29.0 Å². The summed E-state index contributed by atoms with van der Waals surface area (Å²) in [6.45, 7) is 14.3. The zero-order valence-corrected chi connectivity index (χ0v) is 26.4. The Morgan fingerprint density at radius 1 is 1.13 bits per heavy atom. The Labute approximate surface area is 263 Å². The number of aryl methyl sites for hydroxylation is 1. The van der Waals surface area contributed by atoms with E-state index in [-0.39, 0.29) is 24.2 Å². The molecule has 2 fully saturated rings. The monoisotopic (exact) mass is 620 g/mol. The fraction of sp³-hybridized carbons (Fsp3) is 0.562. The highest BCUT2D eigenvalue weighted by Gasteiger charge is 2.25. The van der Waals surface area contributed by atoms with E-state index in [1.165, 1.54) is 17.5 Å². The molecule has 2 aromatic heterocycles. The van der Waals surface area contributed by atoms with Crippen molar-refractivity contribution in [1.29, 1.82) is 0 Å². The van der Waals surface area contributed by atoms with Gasteiger partial charge in [0, 0.05) is 58.4 Å². The predicted molar refractivity (Wildman–Crippen MR) is 169 cm³/mol. The van der Waals surface area contributed by atoms with Gasteiger partial charge in [0.2, 0.25) is 5.95 Å². The van der Waals surface area contributed by atoms with Crippen LogP contribution in [0.2, 0.25) is 0 Å². The molecule has 3 aromatic rings. The summed E-state index contributed by atoms with van der Waals surface area (Å²) in [6, 6.07) is 5.95. The first-order valence-electron chi connectivity index (χ1n) is 15.9. The van der Waals surface area contributed by atoms with Gasteiger partial charge in [-0.25, -0.2) is 9.97 Å². The molecule has 1 unspecified atom stereocenters.